The quantitative estimate of drug-likeness (QED) is 0.170. The summed E-state index contributed by atoms with van der Waals surface area (Å²) in [4.78, 5) is 10.1. The zero-order valence-electron chi connectivity index (χ0n) is 42.1. The molecule has 356 valence electrons. The van der Waals surface area contributed by atoms with Crippen LogP contribution >= 0.6 is 35.3 Å². The van der Waals surface area contributed by atoms with Crippen molar-refractivity contribution in [1.29, 1.82) is 0 Å². The number of hydrogen-bond donors (Lipinski definition) is 0. The van der Waals surface area contributed by atoms with Crippen LogP contribution in [0.5, 0.6) is 11.5 Å². The molecule has 10 aromatic carbocycles. The van der Waals surface area contributed by atoms with Crippen LogP contribution in [-0.2, 0) is 16.2 Å². The molecule has 0 aromatic heterocycles. The van der Waals surface area contributed by atoms with Gasteiger partial charge < -0.3 is 9.64 Å². The van der Waals surface area contributed by atoms with Crippen LogP contribution in [0.25, 0.3) is 55.6 Å². The first-order chi connectivity index (χ1) is 35.9. The molecule has 74 heavy (non-hydrogen) atoms. The number of rotatable bonds is 5. The molecule has 0 radical (unpaired) electrons. The predicted molar refractivity (Wildman–Crippen MR) is 310 cm³/mol. The third-order valence-corrected chi connectivity index (χ3v) is 20.6. The molecule has 0 atom stereocenters. The van der Waals surface area contributed by atoms with Gasteiger partial charge in [-0.05, 0) is 133 Å². The zero-order chi connectivity index (χ0) is 49.8. The molecule has 0 bridgehead atoms. The van der Waals surface area contributed by atoms with E-state index in [2.05, 4.69) is 247 Å². The second kappa shape index (κ2) is 15.9. The zero-order valence-corrected chi connectivity index (χ0v) is 44.6. The number of fused-ring (bicyclic) bond motifs is 15. The smallest absolute Gasteiger partial charge is 0.149 e. The third-order valence-electron chi connectivity index (χ3n) is 16.8. The summed E-state index contributed by atoms with van der Waals surface area (Å²) in [5.41, 5.74) is 23.9. The summed E-state index contributed by atoms with van der Waals surface area (Å²) < 4.78 is 7.17. The summed E-state index contributed by atoms with van der Waals surface area (Å²) in [6.45, 7) is 14.1. The van der Waals surface area contributed by atoms with Gasteiger partial charge in [0.25, 0.3) is 0 Å². The number of para-hydroxylation sites is 1. The van der Waals surface area contributed by atoms with E-state index in [-0.39, 0.29) is 16.2 Å². The summed E-state index contributed by atoms with van der Waals surface area (Å²) >= 11 is 5.67. The van der Waals surface area contributed by atoms with E-state index in [9.17, 15) is 0 Å². The van der Waals surface area contributed by atoms with E-state index in [0.29, 0.717) is 0 Å². The molecule has 0 fully saturated rings. The second-order valence-corrected chi connectivity index (χ2v) is 25.2. The molecule has 3 aliphatic carbocycles. The molecule has 5 heteroatoms. The molecule has 2 nitrogen and oxygen atoms in total. The maximum atomic E-state index is 7.17. The monoisotopic (exact) mass is 1010 g/mol. The molecule has 0 saturated heterocycles. The van der Waals surface area contributed by atoms with Gasteiger partial charge >= 0.3 is 0 Å². The number of nitrogens with zero attached hydrogens (tertiary/aromatic N) is 1. The molecule has 0 unspecified atom stereocenters. The fraction of sp³-hybridized carbons (Fsp3) is 0.130. The van der Waals surface area contributed by atoms with E-state index in [1.165, 1.54) is 97.5 Å². The Morgan fingerprint density at radius 1 is 0.311 bits per heavy atom. The number of anilines is 3. The number of benzene rings is 10. The highest BCUT2D eigenvalue weighted by molar-refractivity contribution is 8.05. The van der Waals surface area contributed by atoms with Crippen LogP contribution in [0.1, 0.15) is 74.9 Å². The van der Waals surface area contributed by atoms with Gasteiger partial charge in [0.05, 0.1) is 9.79 Å². The van der Waals surface area contributed by atoms with E-state index in [1.54, 1.807) is 0 Å². The van der Waals surface area contributed by atoms with Crippen molar-refractivity contribution in [3.05, 3.63) is 234 Å². The van der Waals surface area contributed by atoms with Crippen LogP contribution < -0.4 is 9.64 Å². The summed E-state index contributed by atoms with van der Waals surface area (Å²) in [6, 6.07) is 74.9. The molecule has 2 heterocycles. The molecule has 0 saturated carbocycles. The highest BCUT2D eigenvalue weighted by Crippen LogP contribution is 2.62. The normalized spacial score (nSPS) is 15.7. The highest BCUT2D eigenvalue weighted by atomic mass is 32.2. The lowest BCUT2D eigenvalue weighted by Crippen LogP contribution is -2.16. The summed E-state index contributed by atoms with van der Waals surface area (Å²) in [5.74, 6) is 1.89. The lowest BCUT2D eigenvalue weighted by molar-refractivity contribution is 0.457. The molecule has 0 amide bonds. The van der Waals surface area contributed by atoms with Crippen LogP contribution in [0.4, 0.5) is 17.1 Å². The Labute approximate surface area is 446 Å². The van der Waals surface area contributed by atoms with Crippen molar-refractivity contribution in [2.75, 3.05) is 4.90 Å². The largest absolute Gasteiger partial charge is 0.454 e. The van der Waals surface area contributed by atoms with E-state index < -0.39 is 0 Å². The van der Waals surface area contributed by atoms with Crippen LogP contribution in [0, 0.1) is 0 Å². The Morgan fingerprint density at radius 3 is 1.45 bits per heavy atom. The average Bonchev–Trinajstić information content (AvgIpc) is 3.93. The summed E-state index contributed by atoms with van der Waals surface area (Å²) in [5, 5.41) is 0. The van der Waals surface area contributed by atoms with Gasteiger partial charge in [-0.25, -0.2) is 0 Å². The van der Waals surface area contributed by atoms with Crippen LogP contribution in [-0.4, -0.2) is 0 Å². The van der Waals surface area contributed by atoms with Gasteiger partial charge in [-0.1, -0.05) is 216 Å². The predicted octanol–water partition coefficient (Wildman–Crippen LogP) is 20.3. The first-order valence-corrected chi connectivity index (χ1v) is 28.2. The molecule has 0 N–H and O–H groups in total. The molecule has 0 spiro atoms. The Morgan fingerprint density at radius 2 is 0.770 bits per heavy atom. The van der Waals surface area contributed by atoms with Crippen molar-refractivity contribution in [1.82, 2.24) is 0 Å². The minimum atomic E-state index is -0.138. The Bertz CT molecular complexity index is 3840. The third kappa shape index (κ3) is 6.30. The molecule has 15 rings (SSSR count). The molecular weight excluding hydrogens is 955 g/mol. The maximum absolute atomic E-state index is 7.17. The van der Waals surface area contributed by atoms with Crippen LogP contribution in [0.3, 0.4) is 0 Å². The maximum Gasteiger partial charge on any atom is 0.149 e. The van der Waals surface area contributed by atoms with Crippen molar-refractivity contribution in [2.24, 2.45) is 0 Å². The summed E-state index contributed by atoms with van der Waals surface area (Å²) in [7, 11) is 0. The topological polar surface area (TPSA) is 12.5 Å². The van der Waals surface area contributed by atoms with E-state index in [0.717, 1.165) is 49.5 Å². The van der Waals surface area contributed by atoms with Crippen molar-refractivity contribution >= 4 is 52.3 Å². The molecule has 10 aromatic rings. The van der Waals surface area contributed by atoms with E-state index in [1.807, 2.05) is 35.3 Å². The Kier molecular flexibility index (Phi) is 9.55. The first-order valence-electron chi connectivity index (χ1n) is 25.7. The molecule has 2 aliphatic heterocycles. The fourth-order valence-corrected chi connectivity index (χ4v) is 16.6. The average molecular weight is 1010 g/mol. The van der Waals surface area contributed by atoms with Gasteiger partial charge in [0.2, 0.25) is 0 Å². The van der Waals surface area contributed by atoms with Crippen molar-refractivity contribution in [3.63, 3.8) is 0 Å². The fourth-order valence-electron chi connectivity index (χ4n) is 13.0. The minimum absolute atomic E-state index is 0.0417. The van der Waals surface area contributed by atoms with Crippen molar-refractivity contribution in [2.45, 2.75) is 87.2 Å². The van der Waals surface area contributed by atoms with Crippen molar-refractivity contribution < 1.29 is 4.74 Å². The van der Waals surface area contributed by atoms with E-state index in [4.69, 9.17) is 4.74 Å². The highest BCUT2D eigenvalue weighted by Gasteiger charge is 2.41. The molecule has 5 aliphatic rings. The standard InChI is InChI=1S/C69H51NOS3/c1-67(2)52-21-11-8-16-49(52)61-54(67)35-37-58-64(61)71-63-45(18-13-23-57(63)72-58)40-25-29-42(30-26-40)70(44-33-34-48-47-15-7-10-20-51(47)69(5,6)56(48)39-44)43-31-27-41(28-32-43)46-19-14-24-59-65(46)74-66-60(73-59)38-36-55-62(66)50-17-9-12-22-53(50)68(55,3)4/h7-39H,1-6H3. The Balaban J connectivity index is 0.809. The van der Waals surface area contributed by atoms with Gasteiger partial charge in [0.1, 0.15) is 11.5 Å². The van der Waals surface area contributed by atoms with Gasteiger partial charge in [0, 0.05) is 69.6 Å². The lowest BCUT2D eigenvalue weighted by Gasteiger charge is -2.29. The van der Waals surface area contributed by atoms with Gasteiger partial charge in [-0.2, -0.15) is 0 Å². The van der Waals surface area contributed by atoms with Gasteiger partial charge in [0.15, 0.2) is 0 Å². The second-order valence-electron chi connectivity index (χ2n) is 22.0. The van der Waals surface area contributed by atoms with Crippen molar-refractivity contribution in [3.8, 4) is 67.1 Å². The van der Waals surface area contributed by atoms with Gasteiger partial charge in [-0.15, -0.1) is 0 Å². The SMILES string of the molecule is CC1(C)c2ccccc2-c2ccc(N(c3ccc(-c4cccc5c4Oc4c(ccc6c4-c4ccccc4C6(C)C)S5)cc3)c3ccc(-c4cccc5c4Sc4c(ccc6c4-c4ccccc4C6(C)C)S5)cc3)cc21. The molecular formula is C69H51NOS3. The summed E-state index contributed by atoms with van der Waals surface area (Å²) in [6.07, 6.45) is 0. The van der Waals surface area contributed by atoms with E-state index >= 15 is 0 Å². The number of ether oxygens (including phenoxy) is 1. The first kappa shape index (κ1) is 44.3. The lowest BCUT2D eigenvalue weighted by atomic mass is 9.82. The minimum Gasteiger partial charge on any atom is -0.454 e. The van der Waals surface area contributed by atoms with Crippen LogP contribution in [0.2, 0.25) is 0 Å². The van der Waals surface area contributed by atoms with Crippen LogP contribution in [0.15, 0.2) is 230 Å². The van der Waals surface area contributed by atoms with Gasteiger partial charge in [-0.3, -0.25) is 0 Å². The number of hydrogen-bond acceptors (Lipinski definition) is 5. The Hall–Kier alpha value is -7.15.